The van der Waals surface area contributed by atoms with Crippen molar-refractivity contribution < 1.29 is 4.74 Å². The van der Waals surface area contributed by atoms with Gasteiger partial charge in [-0.3, -0.25) is 9.58 Å². The predicted molar refractivity (Wildman–Crippen MR) is 126 cm³/mol. The monoisotopic (exact) mass is 455 g/mol. The summed E-state index contributed by atoms with van der Waals surface area (Å²) in [6.07, 6.45) is 5.78. The maximum Gasteiger partial charge on any atom is 0.135 e. The Morgan fingerprint density at radius 3 is 2.56 bits per heavy atom. The molecule has 2 saturated heterocycles. The first-order valence-electron chi connectivity index (χ1n) is 11.3. The predicted octanol–water partition coefficient (Wildman–Crippen LogP) is 2.60. The van der Waals surface area contributed by atoms with Gasteiger partial charge < -0.3 is 15.4 Å². The van der Waals surface area contributed by atoms with Crippen molar-refractivity contribution in [2.24, 2.45) is 23.0 Å². The standard InChI is InChI=1S/C23H30ClN7O/c1-29-9-8-20(28-29)21-14-31(19(15-32-21)12-16-2-4-17(24)5-3-16)18-6-10-30(11-7-18)23-13-22(25)26-27-23/h2-5,8-9,18-19,21H,6-7,10-15H2,1H3,(H2,25,26)/t19-,21+/m0/s1. The Bertz CT molecular complexity index is 994. The summed E-state index contributed by atoms with van der Waals surface area (Å²) in [5.41, 5.74) is 8.11. The Morgan fingerprint density at radius 2 is 1.91 bits per heavy atom. The van der Waals surface area contributed by atoms with Crippen LogP contribution in [0.5, 0.6) is 0 Å². The Morgan fingerprint density at radius 1 is 1.12 bits per heavy atom. The maximum absolute atomic E-state index is 6.32. The number of hydrogen-bond donors (Lipinski definition) is 1. The zero-order valence-corrected chi connectivity index (χ0v) is 19.2. The summed E-state index contributed by atoms with van der Waals surface area (Å²) in [6, 6.07) is 11.1. The summed E-state index contributed by atoms with van der Waals surface area (Å²) in [7, 11) is 1.95. The molecule has 3 aliphatic heterocycles. The van der Waals surface area contributed by atoms with Crippen LogP contribution in [-0.4, -0.2) is 69.6 Å². The number of likely N-dealkylation sites (tertiary alicyclic amines) is 1. The molecule has 2 atom stereocenters. The molecule has 2 fully saturated rings. The van der Waals surface area contributed by atoms with Gasteiger partial charge in [-0.25, -0.2) is 0 Å². The number of nitrogens with zero attached hydrogens (tertiary/aromatic N) is 6. The Kier molecular flexibility index (Phi) is 6.17. The highest BCUT2D eigenvalue weighted by molar-refractivity contribution is 6.30. The Hall–Kier alpha value is -2.42. The first-order valence-corrected chi connectivity index (χ1v) is 11.7. The van der Waals surface area contributed by atoms with E-state index in [-0.39, 0.29) is 6.10 Å². The van der Waals surface area contributed by atoms with Crippen LogP contribution < -0.4 is 5.73 Å². The number of aromatic nitrogens is 2. The number of morpholine rings is 1. The van der Waals surface area contributed by atoms with Crippen LogP contribution in [0, 0.1) is 0 Å². The van der Waals surface area contributed by atoms with Crippen molar-refractivity contribution in [1.82, 2.24) is 19.6 Å². The largest absolute Gasteiger partial charge is 0.385 e. The summed E-state index contributed by atoms with van der Waals surface area (Å²) < 4.78 is 8.16. The van der Waals surface area contributed by atoms with Crippen LogP contribution in [0.15, 0.2) is 46.7 Å². The van der Waals surface area contributed by atoms with Gasteiger partial charge in [0.2, 0.25) is 0 Å². The molecule has 32 heavy (non-hydrogen) atoms. The second-order valence-corrected chi connectivity index (χ2v) is 9.36. The minimum atomic E-state index is 0.00287. The topological polar surface area (TPSA) is 84.3 Å². The second kappa shape index (κ2) is 9.21. The Labute approximate surface area is 193 Å². The molecule has 0 spiro atoms. The lowest BCUT2D eigenvalue weighted by Crippen LogP contribution is -2.55. The number of rotatable bonds is 4. The molecular weight excluding hydrogens is 426 g/mol. The van der Waals surface area contributed by atoms with Gasteiger partial charge in [0.15, 0.2) is 0 Å². The van der Waals surface area contributed by atoms with E-state index in [4.69, 9.17) is 22.1 Å². The third-order valence-corrected chi connectivity index (χ3v) is 6.97. The van der Waals surface area contributed by atoms with Crippen molar-refractivity contribution in [3.8, 4) is 0 Å². The van der Waals surface area contributed by atoms with Gasteiger partial charge in [0.25, 0.3) is 0 Å². The van der Waals surface area contributed by atoms with Crippen LogP contribution in [0.3, 0.4) is 0 Å². The van der Waals surface area contributed by atoms with Gasteiger partial charge >= 0.3 is 0 Å². The number of hydrogen-bond acceptors (Lipinski definition) is 7. The van der Waals surface area contributed by atoms with Crippen molar-refractivity contribution in [3.05, 3.63) is 52.8 Å². The number of aryl methyl sites for hydroxylation is 1. The molecule has 170 valence electrons. The summed E-state index contributed by atoms with van der Waals surface area (Å²) in [6.45, 7) is 3.51. The van der Waals surface area contributed by atoms with E-state index in [0.717, 1.165) is 55.4 Å². The molecule has 2 aromatic rings. The first-order chi connectivity index (χ1) is 15.5. The molecular formula is C23H30ClN7O. The van der Waals surface area contributed by atoms with Gasteiger partial charge in [-0.05, 0) is 43.0 Å². The highest BCUT2D eigenvalue weighted by Crippen LogP contribution is 2.30. The van der Waals surface area contributed by atoms with Gasteiger partial charge in [-0.2, -0.15) is 5.10 Å². The van der Waals surface area contributed by atoms with Gasteiger partial charge in [-0.1, -0.05) is 23.7 Å². The van der Waals surface area contributed by atoms with E-state index in [9.17, 15) is 0 Å². The number of nitrogens with two attached hydrogens (primary N) is 1. The lowest BCUT2D eigenvalue weighted by atomic mass is 9.95. The van der Waals surface area contributed by atoms with Crippen molar-refractivity contribution in [3.63, 3.8) is 0 Å². The molecule has 4 heterocycles. The fourth-order valence-electron chi connectivity index (χ4n) is 5.00. The van der Waals surface area contributed by atoms with E-state index >= 15 is 0 Å². The molecule has 0 radical (unpaired) electrons. The van der Waals surface area contributed by atoms with Crippen LogP contribution in [0.25, 0.3) is 0 Å². The summed E-state index contributed by atoms with van der Waals surface area (Å²) in [4.78, 5) is 5.00. The highest BCUT2D eigenvalue weighted by atomic mass is 35.5. The molecule has 0 aliphatic carbocycles. The number of amidine groups is 2. The van der Waals surface area contributed by atoms with Crippen LogP contribution in [0.4, 0.5) is 0 Å². The third-order valence-electron chi connectivity index (χ3n) is 6.72. The molecule has 2 N–H and O–H groups in total. The third kappa shape index (κ3) is 4.67. The van der Waals surface area contributed by atoms with Crippen molar-refractivity contribution in [1.29, 1.82) is 0 Å². The van der Waals surface area contributed by atoms with Crippen LogP contribution in [0.1, 0.15) is 36.6 Å². The normalized spacial score (nSPS) is 25.1. The van der Waals surface area contributed by atoms with Crippen LogP contribution in [-0.2, 0) is 18.2 Å². The summed E-state index contributed by atoms with van der Waals surface area (Å²) >= 11 is 6.10. The van der Waals surface area contributed by atoms with Crippen molar-refractivity contribution in [2.45, 2.75) is 43.9 Å². The van der Waals surface area contributed by atoms with Gasteiger partial charge in [-0.15, -0.1) is 10.2 Å². The molecule has 3 aliphatic rings. The number of benzene rings is 1. The molecule has 1 aromatic carbocycles. The minimum Gasteiger partial charge on any atom is -0.385 e. The van der Waals surface area contributed by atoms with E-state index in [0.29, 0.717) is 30.9 Å². The number of halogens is 1. The molecule has 8 nitrogen and oxygen atoms in total. The first kappa shape index (κ1) is 21.4. The van der Waals surface area contributed by atoms with E-state index in [2.05, 4.69) is 43.3 Å². The van der Waals surface area contributed by atoms with Crippen LogP contribution in [0.2, 0.25) is 5.02 Å². The van der Waals surface area contributed by atoms with E-state index < -0.39 is 0 Å². The lowest BCUT2D eigenvalue weighted by molar-refractivity contribution is -0.0885. The maximum atomic E-state index is 6.32. The SMILES string of the molecule is Cn1ccc([C@H]2CN(C3CCN(C4=NN=C(N)C4)CC3)[C@@H](Cc3ccc(Cl)cc3)CO2)n1. The second-order valence-electron chi connectivity index (χ2n) is 8.92. The molecule has 0 unspecified atom stereocenters. The number of ether oxygens (including phenoxy) is 1. The van der Waals surface area contributed by atoms with Crippen molar-refractivity contribution in [2.75, 3.05) is 26.2 Å². The van der Waals surface area contributed by atoms with Gasteiger partial charge in [0.05, 0.1) is 18.7 Å². The molecule has 0 bridgehead atoms. The smallest absolute Gasteiger partial charge is 0.135 e. The Balaban J connectivity index is 1.29. The summed E-state index contributed by atoms with van der Waals surface area (Å²) in [5, 5.41) is 13.6. The highest BCUT2D eigenvalue weighted by Gasteiger charge is 2.37. The molecule has 0 saturated carbocycles. The average molecular weight is 456 g/mol. The van der Waals surface area contributed by atoms with Gasteiger partial charge in [0.1, 0.15) is 17.8 Å². The zero-order valence-electron chi connectivity index (χ0n) is 18.4. The molecule has 0 amide bonds. The lowest BCUT2D eigenvalue weighted by Gasteiger charge is -2.46. The van der Waals surface area contributed by atoms with Crippen molar-refractivity contribution >= 4 is 23.3 Å². The molecule has 5 rings (SSSR count). The summed E-state index contributed by atoms with van der Waals surface area (Å²) in [5.74, 6) is 1.61. The van der Waals surface area contributed by atoms with E-state index in [1.165, 1.54) is 5.56 Å². The van der Waals surface area contributed by atoms with Gasteiger partial charge in [0, 0.05) is 50.0 Å². The average Bonchev–Trinajstić information content (AvgIpc) is 3.44. The fourth-order valence-corrected chi connectivity index (χ4v) is 5.13. The zero-order chi connectivity index (χ0) is 22.1. The quantitative estimate of drug-likeness (QED) is 0.766. The minimum absolute atomic E-state index is 0.00287. The van der Waals surface area contributed by atoms with E-state index in [1.807, 2.05) is 30.1 Å². The van der Waals surface area contributed by atoms with Crippen LogP contribution >= 0.6 is 11.6 Å². The molecule has 1 aromatic heterocycles. The fraction of sp³-hybridized carbons (Fsp3) is 0.522. The molecule has 9 heteroatoms. The number of piperidine rings is 1. The van der Waals surface area contributed by atoms with E-state index in [1.54, 1.807) is 0 Å².